The van der Waals surface area contributed by atoms with E-state index in [1.54, 1.807) is 0 Å². The zero-order valence-corrected chi connectivity index (χ0v) is 7.28. The fourth-order valence-electron chi connectivity index (χ4n) is 1.35. The fourth-order valence-corrected chi connectivity index (χ4v) is 1.35. The van der Waals surface area contributed by atoms with Crippen LogP contribution < -0.4 is 0 Å². The summed E-state index contributed by atoms with van der Waals surface area (Å²) in [4.78, 5) is 0. The lowest BCUT2D eigenvalue weighted by molar-refractivity contribution is 0.795. The molecule has 2 aromatic heterocycles. The molecule has 0 spiro atoms. The number of rotatable bonds is 1. The lowest BCUT2D eigenvalue weighted by Gasteiger charge is -1.99. The van der Waals surface area contributed by atoms with E-state index in [-0.39, 0.29) is 0 Å². The highest BCUT2D eigenvalue weighted by Crippen LogP contribution is 2.12. The average Bonchev–Trinajstić information content (AvgIpc) is 2.46. The molecule has 0 aliphatic heterocycles. The van der Waals surface area contributed by atoms with Crippen molar-refractivity contribution in [2.75, 3.05) is 0 Å². The van der Waals surface area contributed by atoms with Gasteiger partial charge in [-0.2, -0.15) is 5.10 Å². The van der Waals surface area contributed by atoms with Gasteiger partial charge in [0.05, 0.1) is 11.2 Å². The second kappa shape index (κ2) is 2.59. The summed E-state index contributed by atoms with van der Waals surface area (Å²) < 4.78 is 2.16. The molecule has 0 amide bonds. The SMILES string of the molecule is CCn1ccc2nnc(C)cc21. The first-order chi connectivity index (χ1) is 5.81. The Bertz CT molecular complexity index is 403. The zero-order chi connectivity index (χ0) is 8.55. The summed E-state index contributed by atoms with van der Waals surface area (Å²) >= 11 is 0. The maximum absolute atomic E-state index is 4.08. The van der Waals surface area contributed by atoms with E-state index >= 15 is 0 Å². The van der Waals surface area contributed by atoms with E-state index in [0.717, 1.165) is 17.8 Å². The van der Waals surface area contributed by atoms with Crippen LogP contribution in [0.1, 0.15) is 12.6 Å². The van der Waals surface area contributed by atoms with Crippen LogP contribution in [0.25, 0.3) is 11.0 Å². The molecular weight excluding hydrogens is 150 g/mol. The van der Waals surface area contributed by atoms with Crippen molar-refractivity contribution in [1.82, 2.24) is 14.8 Å². The smallest absolute Gasteiger partial charge is 0.111 e. The van der Waals surface area contributed by atoms with Crippen LogP contribution in [-0.2, 0) is 6.54 Å². The maximum atomic E-state index is 4.08. The lowest BCUT2D eigenvalue weighted by Crippen LogP contribution is -1.93. The summed E-state index contributed by atoms with van der Waals surface area (Å²) in [5, 5.41) is 8.07. The number of hydrogen-bond donors (Lipinski definition) is 0. The molecule has 0 atom stereocenters. The van der Waals surface area contributed by atoms with Crippen molar-refractivity contribution >= 4 is 11.0 Å². The predicted molar refractivity (Wildman–Crippen MR) is 47.9 cm³/mol. The minimum atomic E-state index is 0.968. The van der Waals surface area contributed by atoms with E-state index in [2.05, 4.69) is 27.8 Å². The third-order valence-electron chi connectivity index (χ3n) is 1.99. The molecule has 0 aromatic carbocycles. The van der Waals surface area contributed by atoms with Gasteiger partial charge in [0, 0.05) is 12.7 Å². The first-order valence-electron chi connectivity index (χ1n) is 4.10. The van der Waals surface area contributed by atoms with Gasteiger partial charge < -0.3 is 4.57 Å². The van der Waals surface area contributed by atoms with Gasteiger partial charge in [0.1, 0.15) is 5.52 Å². The summed E-state index contributed by atoms with van der Waals surface area (Å²) in [6, 6.07) is 4.05. The number of aromatic nitrogens is 3. The van der Waals surface area contributed by atoms with Crippen LogP contribution in [0.4, 0.5) is 0 Å². The number of nitrogens with zero attached hydrogens (tertiary/aromatic N) is 3. The molecule has 0 aliphatic rings. The highest BCUT2D eigenvalue weighted by atomic mass is 15.1. The molecule has 0 aliphatic carbocycles. The first-order valence-corrected chi connectivity index (χ1v) is 4.10. The molecule has 3 nitrogen and oxygen atoms in total. The van der Waals surface area contributed by atoms with Crippen molar-refractivity contribution in [3.05, 3.63) is 24.0 Å². The molecule has 2 heterocycles. The van der Waals surface area contributed by atoms with E-state index in [1.165, 1.54) is 5.52 Å². The number of aryl methyl sites for hydroxylation is 2. The van der Waals surface area contributed by atoms with Gasteiger partial charge in [-0.25, -0.2) is 0 Å². The zero-order valence-electron chi connectivity index (χ0n) is 7.28. The van der Waals surface area contributed by atoms with Gasteiger partial charge >= 0.3 is 0 Å². The van der Waals surface area contributed by atoms with Crippen molar-refractivity contribution in [2.45, 2.75) is 20.4 Å². The molecule has 12 heavy (non-hydrogen) atoms. The molecule has 0 saturated heterocycles. The van der Waals surface area contributed by atoms with Crippen LogP contribution >= 0.6 is 0 Å². The van der Waals surface area contributed by atoms with Crippen LogP contribution in [-0.4, -0.2) is 14.8 Å². The van der Waals surface area contributed by atoms with Gasteiger partial charge in [0.25, 0.3) is 0 Å². The third kappa shape index (κ3) is 0.978. The number of fused-ring (bicyclic) bond motifs is 1. The summed E-state index contributed by atoms with van der Waals surface area (Å²) in [6.07, 6.45) is 2.04. The Hall–Kier alpha value is -1.38. The van der Waals surface area contributed by atoms with E-state index in [1.807, 2.05) is 19.2 Å². The largest absolute Gasteiger partial charge is 0.346 e. The average molecular weight is 161 g/mol. The minimum absolute atomic E-state index is 0.968. The predicted octanol–water partition coefficient (Wildman–Crippen LogP) is 1.76. The summed E-state index contributed by atoms with van der Waals surface area (Å²) in [6.45, 7) is 5.06. The molecule has 62 valence electrons. The Balaban J connectivity index is 2.75. The molecular formula is C9H11N3. The van der Waals surface area contributed by atoms with E-state index < -0.39 is 0 Å². The highest BCUT2D eigenvalue weighted by Gasteiger charge is 2.00. The normalized spacial score (nSPS) is 10.8. The standard InChI is InChI=1S/C9H11N3/c1-3-12-5-4-8-9(12)6-7(2)10-11-8/h4-6H,3H2,1-2H3. The van der Waals surface area contributed by atoms with Crippen LogP contribution in [0.2, 0.25) is 0 Å². The fraction of sp³-hybridized carbons (Fsp3) is 0.333. The van der Waals surface area contributed by atoms with Crippen LogP contribution in [0.3, 0.4) is 0 Å². The molecule has 0 radical (unpaired) electrons. The molecule has 3 heteroatoms. The quantitative estimate of drug-likeness (QED) is 0.638. The second-order valence-corrected chi connectivity index (χ2v) is 2.86. The summed E-state index contributed by atoms with van der Waals surface area (Å²) in [7, 11) is 0. The van der Waals surface area contributed by atoms with Crippen LogP contribution in [0, 0.1) is 6.92 Å². The van der Waals surface area contributed by atoms with Crippen molar-refractivity contribution in [3.8, 4) is 0 Å². The van der Waals surface area contributed by atoms with E-state index in [0.29, 0.717) is 0 Å². The van der Waals surface area contributed by atoms with Crippen molar-refractivity contribution in [1.29, 1.82) is 0 Å². The van der Waals surface area contributed by atoms with Gasteiger partial charge in [0.15, 0.2) is 0 Å². The lowest BCUT2D eigenvalue weighted by atomic mass is 10.3. The molecule has 0 unspecified atom stereocenters. The van der Waals surface area contributed by atoms with Crippen LogP contribution in [0.5, 0.6) is 0 Å². The summed E-state index contributed by atoms with van der Waals surface area (Å²) in [5.74, 6) is 0. The second-order valence-electron chi connectivity index (χ2n) is 2.86. The summed E-state index contributed by atoms with van der Waals surface area (Å²) in [5.41, 5.74) is 3.11. The third-order valence-corrected chi connectivity index (χ3v) is 1.99. The molecule has 0 fully saturated rings. The van der Waals surface area contributed by atoms with Crippen molar-refractivity contribution in [2.24, 2.45) is 0 Å². The van der Waals surface area contributed by atoms with Gasteiger partial charge in [-0.3, -0.25) is 0 Å². The van der Waals surface area contributed by atoms with Gasteiger partial charge in [-0.15, -0.1) is 5.10 Å². The molecule has 0 bridgehead atoms. The Morgan fingerprint density at radius 3 is 3.00 bits per heavy atom. The molecule has 0 N–H and O–H groups in total. The van der Waals surface area contributed by atoms with Crippen molar-refractivity contribution < 1.29 is 0 Å². The van der Waals surface area contributed by atoms with Gasteiger partial charge in [-0.1, -0.05) is 0 Å². The van der Waals surface area contributed by atoms with Crippen LogP contribution in [0.15, 0.2) is 18.3 Å². The van der Waals surface area contributed by atoms with Gasteiger partial charge in [0.2, 0.25) is 0 Å². The first kappa shape index (κ1) is 7.28. The number of hydrogen-bond acceptors (Lipinski definition) is 2. The topological polar surface area (TPSA) is 30.7 Å². The van der Waals surface area contributed by atoms with E-state index in [4.69, 9.17) is 0 Å². The Kier molecular flexibility index (Phi) is 1.57. The monoisotopic (exact) mass is 161 g/mol. The van der Waals surface area contributed by atoms with E-state index in [9.17, 15) is 0 Å². The molecule has 2 rings (SSSR count). The molecule has 2 aromatic rings. The van der Waals surface area contributed by atoms with Crippen molar-refractivity contribution in [3.63, 3.8) is 0 Å². The highest BCUT2D eigenvalue weighted by molar-refractivity contribution is 5.75. The molecule has 0 saturated carbocycles. The van der Waals surface area contributed by atoms with Gasteiger partial charge in [-0.05, 0) is 26.0 Å². The maximum Gasteiger partial charge on any atom is 0.111 e. The Morgan fingerprint density at radius 2 is 2.25 bits per heavy atom. The minimum Gasteiger partial charge on any atom is -0.346 e. The Morgan fingerprint density at radius 1 is 1.42 bits per heavy atom. The Labute approximate surface area is 71.0 Å².